The van der Waals surface area contributed by atoms with E-state index in [2.05, 4.69) is 10.3 Å². The van der Waals surface area contributed by atoms with Crippen molar-refractivity contribution >= 4 is 42.1 Å². The number of hydrogen-bond acceptors (Lipinski definition) is 4. The Labute approximate surface area is 175 Å². The molecule has 2 aliphatic heterocycles. The van der Waals surface area contributed by atoms with E-state index in [4.69, 9.17) is 0 Å². The van der Waals surface area contributed by atoms with E-state index in [1.54, 1.807) is 18.3 Å². The molecule has 0 radical (unpaired) electrons. The highest BCUT2D eigenvalue weighted by atomic mass is 35.5. The lowest BCUT2D eigenvalue weighted by atomic mass is 9.78. The first-order chi connectivity index (χ1) is 12.1. The third-order valence-corrected chi connectivity index (χ3v) is 6.46. The molecule has 0 saturated carbocycles. The van der Waals surface area contributed by atoms with Gasteiger partial charge in [0, 0.05) is 26.1 Å². The van der Waals surface area contributed by atoms with E-state index in [1.165, 1.54) is 29.9 Å². The number of nitrogens with one attached hydrogen (secondary N) is 1. The molecular weight excluding hydrogens is 408 g/mol. The fraction of sp³-hybridized carbons (Fsp3) is 0.474. The molecule has 2 aromatic rings. The molecule has 2 saturated heterocycles. The van der Waals surface area contributed by atoms with E-state index >= 15 is 0 Å². The van der Waals surface area contributed by atoms with Crippen LogP contribution < -0.4 is 5.32 Å². The van der Waals surface area contributed by atoms with Gasteiger partial charge < -0.3 is 10.2 Å². The minimum absolute atomic E-state index is 0. The molecule has 8 heteroatoms. The van der Waals surface area contributed by atoms with Gasteiger partial charge in [0.25, 0.3) is 5.91 Å². The summed E-state index contributed by atoms with van der Waals surface area (Å²) in [6.07, 6.45) is 5.73. The van der Waals surface area contributed by atoms with Gasteiger partial charge in [-0.15, -0.1) is 36.2 Å². The molecule has 0 atom stereocenters. The van der Waals surface area contributed by atoms with Crippen molar-refractivity contribution < 1.29 is 9.18 Å². The number of rotatable bonds is 3. The fourth-order valence-electron chi connectivity index (χ4n) is 3.83. The summed E-state index contributed by atoms with van der Waals surface area (Å²) in [4.78, 5) is 19.8. The maximum absolute atomic E-state index is 13.0. The molecule has 148 valence electrons. The minimum atomic E-state index is -0.237. The lowest BCUT2D eigenvalue weighted by molar-refractivity contribution is 0.0612. The molecule has 2 aliphatic rings. The first kappa shape index (κ1) is 22.1. The van der Waals surface area contributed by atoms with Crippen LogP contribution in [0.3, 0.4) is 0 Å². The Morgan fingerprint density at radius 3 is 2.52 bits per heavy atom. The van der Waals surface area contributed by atoms with Crippen molar-refractivity contribution in [3.8, 4) is 0 Å². The number of likely N-dealkylation sites (tertiary alicyclic amines) is 1. The van der Waals surface area contributed by atoms with Crippen LogP contribution in [0.1, 0.15) is 39.5 Å². The number of carbonyl (C=O) groups excluding carboxylic acids is 1. The van der Waals surface area contributed by atoms with E-state index in [0.717, 1.165) is 49.6 Å². The Hall–Kier alpha value is -1.21. The topological polar surface area (TPSA) is 45.2 Å². The van der Waals surface area contributed by atoms with Crippen molar-refractivity contribution in [2.45, 2.75) is 25.7 Å². The van der Waals surface area contributed by atoms with Crippen molar-refractivity contribution in [2.75, 3.05) is 26.2 Å². The SMILES string of the molecule is Cl.Cl.O=C(c1cnc(Cc2ccc(F)cc2)s1)N1CCC2(CCNC2)CC1. The Bertz CT molecular complexity index is 753. The molecule has 1 N–H and O–H groups in total. The van der Waals surface area contributed by atoms with Crippen LogP contribution >= 0.6 is 36.2 Å². The van der Waals surface area contributed by atoms with Crippen molar-refractivity contribution in [1.29, 1.82) is 0 Å². The number of benzene rings is 1. The molecule has 1 aromatic carbocycles. The molecule has 4 rings (SSSR count). The largest absolute Gasteiger partial charge is 0.338 e. The molecule has 0 bridgehead atoms. The van der Waals surface area contributed by atoms with Gasteiger partial charge in [-0.2, -0.15) is 0 Å². The summed E-state index contributed by atoms with van der Waals surface area (Å²) in [6.45, 7) is 3.88. The fourth-order valence-corrected chi connectivity index (χ4v) is 4.75. The van der Waals surface area contributed by atoms with E-state index in [0.29, 0.717) is 16.7 Å². The predicted octanol–water partition coefficient (Wildman–Crippen LogP) is 3.93. The first-order valence-corrected chi connectivity index (χ1v) is 9.64. The van der Waals surface area contributed by atoms with Crippen molar-refractivity contribution in [2.24, 2.45) is 5.41 Å². The van der Waals surface area contributed by atoms with Crippen LogP contribution in [0, 0.1) is 11.2 Å². The Morgan fingerprint density at radius 2 is 1.89 bits per heavy atom. The van der Waals surface area contributed by atoms with E-state index in [9.17, 15) is 9.18 Å². The summed E-state index contributed by atoms with van der Waals surface area (Å²) >= 11 is 1.45. The van der Waals surface area contributed by atoms with E-state index < -0.39 is 0 Å². The monoisotopic (exact) mass is 431 g/mol. The van der Waals surface area contributed by atoms with E-state index in [-0.39, 0.29) is 36.5 Å². The third kappa shape index (κ3) is 4.99. The number of amides is 1. The minimum Gasteiger partial charge on any atom is -0.338 e. The van der Waals surface area contributed by atoms with Crippen LogP contribution in [-0.4, -0.2) is 42.0 Å². The zero-order valence-corrected chi connectivity index (χ0v) is 17.4. The average Bonchev–Trinajstić information content (AvgIpc) is 3.27. The number of piperidine rings is 1. The summed E-state index contributed by atoms with van der Waals surface area (Å²) in [7, 11) is 0. The van der Waals surface area contributed by atoms with Gasteiger partial charge in [-0.25, -0.2) is 9.37 Å². The molecule has 2 fully saturated rings. The van der Waals surface area contributed by atoms with Gasteiger partial charge in [-0.1, -0.05) is 12.1 Å². The van der Waals surface area contributed by atoms with Crippen LogP contribution in [0.15, 0.2) is 30.5 Å². The molecule has 1 aromatic heterocycles. The van der Waals surface area contributed by atoms with Crippen LogP contribution in [-0.2, 0) is 6.42 Å². The molecular formula is C19H24Cl2FN3OS. The summed E-state index contributed by atoms with van der Waals surface area (Å²) in [5.41, 5.74) is 1.42. The molecule has 0 aliphatic carbocycles. The molecule has 4 nitrogen and oxygen atoms in total. The second-order valence-electron chi connectivity index (χ2n) is 7.14. The van der Waals surface area contributed by atoms with E-state index in [1.807, 2.05) is 4.90 Å². The maximum atomic E-state index is 13.0. The van der Waals surface area contributed by atoms with Crippen LogP contribution in [0.2, 0.25) is 0 Å². The number of hydrogen-bond donors (Lipinski definition) is 1. The van der Waals surface area contributed by atoms with Crippen LogP contribution in [0.4, 0.5) is 4.39 Å². The maximum Gasteiger partial charge on any atom is 0.265 e. The number of halogens is 3. The van der Waals surface area contributed by atoms with Gasteiger partial charge in [0.2, 0.25) is 0 Å². The summed E-state index contributed by atoms with van der Waals surface area (Å²) in [5, 5.41) is 4.35. The highest BCUT2D eigenvalue weighted by Gasteiger charge is 2.38. The summed E-state index contributed by atoms with van der Waals surface area (Å²) < 4.78 is 13.0. The summed E-state index contributed by atoms with van der Waals surface area (Å²) in [5.74, 6) is -0.136. The highest BCUT2D eigenvalue weighted by molar-refractivity contribution is 7.13. The Morgan fingerprint density at radius 1 is 1.19 bits per heavy atom. The average molecular weight is 432 g/mol. The Balaban J connectivity index is 0.00000131. The van der Waals surface area contributed by atoms with Crippen molar-refractivity contribution in [3.05, 3.63) is 51.7 Å². The van der Waals surface area contributed by atoms with Gasteiger partial charge in [0.1, 0.15) is 10.7 Å². The highest BCUT2D eigenvalue weighted by Crippen LogP contribution is 2.37. The molecule has 0 unspecified atom stereocenters. The van der Waals surface area contributed by atoms with Crippen LogP contribution in [0.5, 0.6) is 0 Å². The van der Waals surface area contributed by atoms with Gasteiger partial charge in [-0.3, -0.25) is 4.79 Å². The zero-order valence-electron chi connectivity index (χ0n) is 14.9. The normalized spacial score (nSPS) is 18.0. The summed E-state index contributed by atoms with van der Waals surface area (Å²) in [6, 6.07) is 6.43. The number of aromatic nitrogens is 1. The van der Waals surface area contributed by atoms with Crippen molar-refractivity contribution in [1.82, 2.24) is 15.2 Å². The van der Waals surface area contributed by atoms with Crippen molar-refractivity contribution in [3.63, 3.8) is 0 Å². The molecule has 3 heterocycles. The lowest BCUT2D eigenvalue weighted by Gasteiger charge is -2.38. The smallest absolute Gasteiger partial charge is 0.265 e. The molecule has 1 spiro atoms. The molecule has 27 heavy (non-hydrogen) atoms. The van der Waals surface area contributed by atoms with Gasteiger partial charge in [0.05, 0.1) is 11.2 Å². The number of nitrogens with zero attached hydrogens (tertiary/aromatic N) is 2. The first-order valence-electron chi connectivity index (χ1n) is 8.83. The quantitative estimate of drug-likeness (QED) is 0.800. The predicted molar refractivity (Wildman–Crippen MR) is 111 cm³/mol. The van der Waals surface area contributed by atoms with Gasteiger partial charge in [0.15, 0.2) is 0 Å². The standard InChI is InChI=1S/C19H22FN3OS.2ClH/c20-15-3-1-14(2-4-15)11-17-22-12-16(25-17)18(24)23-9-6-19(7-10-23)5-8-21-13-19;;/h1-4,12,21H,5-11,13H2;2*1H. The third-order valence-electron chi connectivity index (χ3n) is 5.48. The van der Waals surface area contributed by atoms with Gasteiger partial charge in [-0.05, 0) is 48.9 Å². The lowest BCUT2D eigenvalue weighted by Crippen LogP contribution is -2.43. The van der Waals surface area contributed by atoms with Crippen LogP contribution in [0.25, 0.3) is 0 Å². The number of thiazole rings is 1. The van der Waals surface area contributed by atoms with Gasteiger partial charge >= 0.3 is 0 Å². The number of carbonyl (C=O) groups is 1. The second-order valence-corrected chi connectivity index (χ2v) is 8.26. The zero-order chi connectivity index (χ0) is 17.3. The second kappa shape index (κ2) is 9.32. The Kier molecular flexibility index (Phi) is 7.63. The molecule has 1 amide bonds.